The molecule has 0 amide bonds. The molecule has 0 N–H and O–H groups in total. The van der Waals surface area contributed by atoms with Gasteiger partial charge in [-0.2, -0.15) is 0 Å². The van der Waals surface area contributed by atoms with Crippen LogP contribution in [-0.4, -0.2) is 9.97 Å². The molecule has 0 aliphatic rings. The Balaban J connectivity index is 1.76. The minimum absolute atomic E-state index is 0.00611. The van der Waals surface area contributed by atoms with Crippen molar-refractivity contribution in [2.24, 2.45) is 5.41 Å². The molecule has 0 spiro atoms. The third-order valence-electron chi connectivity index (χ3n) is 6.97. The van der Waals surface area contributed by atoms with E-state index in [1.165, 1.54) is 21.9 Å². The quantitative estimate of drug-likeness (QED) is 0.252. The Kier molecular flexibility index (Phi) is 4.98. The monoisotopic (exact) mass is 472 g/mol. The normalized spacial score (nSPS) is 12.8. The largest absolute Gasteiger partial charge is 0.455 e. The first-order valence-electron chi connectivity index (χ1n) is 12.7. The van der Waals surface area contributed by atoms with Crippen LogP contribution >= 0.6 is 0 Å². The zero-order chi connectivity index (χ0) is 25.2. The number of benzene rings is 3. The van der Waals surface area contributed by atoms with Crippen molar-refractivity contribution < 1.29 is 4.42 Å². The van der Waals surface area contributed by atoms with Gasteiger partial charge in [-0.05, 0) is 57.3 Å². The van der Waals surface area contributed by atoms with Crippen molar-refractivity contribution in [3.8, 4) is 11.3 Å². The van der Waals surface area contributed by atoms with Crippen molar-refractivity contribution in [1.82, 2.24) is 9.97 Å². The Morgan fingerprint density at radius 1 is 0.778 bits per heavy atom. The fourth-order valence-electron chi connectivity index (χ4n) is 5.43. The average molecular weight is 473 g/mol. The summed E-state index contributed by atoms with van der Waals surface area (Å²) in [5.41, 5.74) is 7.50. The second-order valence-electron chi connectivity index (χ2n) is 12.2. The molecule has 3 heteroatoms. The van der Waals surface area contributed by atoms with E-state index in [4.69, 9.17) is 9.40 Å². The minimum atomic E-state index is -0.00611. The average Bonchev–Trinajstić information content (AvgIpc) is 3.22. The third-order valence-corrected chi connectivity index (χ3v) is 6.97. The van der Waals surface area contributed by atoms with Crippen LogP contribution in [0, 0.1) is 5.41 Å². The molecule has 0 atom stereocenters. The van der Waals surface area contributed by atoms with Crippen LogP contribution in [-0.2, 0) is 11.8 Å². The highest BCUT2D eigenvalue weighted by Gasteiger charge is 2.24. The summed E-state index contributed by atoms with van der Waals surface area (Å²) in [6, 6.07) is 21.8. The molecule has 6 aromatic rings. The summed E-state index contributed by atoms with van der Waals surface area (Å²) in [5, 5.41) is 5.65. The number of para-hydroxylation sites is 1. The molecule has 3 aromatic heterocycles. The molecule has 0 radical (unpaired) electrons. The molecule has 3 heterocycles. The first-order valence-corrected chi connectivity index (χ1v) is 12.7. The molecule has 3 nitrogen and oxygen atoms in total. The van der Waals surface area contributed by atoms with Gasteiger partial charge in [-0.1, -0.05) is 84.0 Å². The number of aromatic nitrogens is 2. The molecule has 0 fully saturated rings. The lowest BCUT2D eigenvalue weighted by molar-refractivity contribution is 0.410. The highest BCUT2D eigenvalue weighted by Crippen LogP contribution is 2.43. The summed E-state index contributed by atoms with van der Waals surface area (Å²) < 4.78 is 6.71. The maximum atomic E-state index is 6.71. The van der Waals surface area contributed by atoms with Gasteiger partial charge in [0.05, 0.1) is 22.0 Å². The second kappa shape index (κ2) is 7.89. The lowest BCUT2D eigenvalue weighted by Gasteiger charge is -2.23. The van der Waals surface area contributed by atoms with E-state index in [0.717, 1.165) is 50.5 Å². The number of furan rings is 1. The molecule has 0 saturated heterocycles. The van der Waals surface area contributed by atoms with Crippen LogP contribution < -0.4 is 0 Å². The SMILES string of the molecule is CC(C)(C)Cc1cccc2c1oc1c3cnccc3nc(-c3cc(C(C)(C)C)c4ccccc4c3)c21. The van der Waals surface area contributed by atoms with Gasteiger partial charge in [-0.3, -0.25) is 4.98 Å². The van der Waals surface area contributed by atoms with E-state index >= 15 is 0 Å². The molecule has 0 saturated carbocycles. The second-order valence-corrected chi connectivity index (χ2v) is 12.2. The van der Waals surface area contributed by atoms with Gasteiger partial charge in [0.2, 0.25) is 0 Å². The van der Waals surface area contributed by atoms with E-state index in [0.29, 0.717) is 0 Å². The summed E-state index contributed by atoms with van der Waals surface area (Å²) in [4.78, 5) is 9.63. The first kappa shape index (κ1) is 22.7. The molecule has 0 aliphatic carbocycles. The van der Waals surface area contributed by atoms with Crippen molar-refractivity contribution in [2.75, 3.05) is 0 Å². The number of hydrogen-bond donors (Lipinski definition) is 0. The van der Waals surface area contributed by atoms with Crippen LogP contribution in [0.4, 0.5) is 0 Å². The first-order chi connectivity index (χ1) is 17.1. The van der Waals surface area contributed by atoms with Gasteiger partial charge in [-0.15, -0.1) is 0 Å². The van der Waals surface area contributed by atoms with Gasteiger partial charge in [0.25, 0.3) is 0 Å². The zero-order valence-electron chi connectivity index (χ0n) is 21.9. The Labute approximate surface area is 212 Å². The van der Waals surface area contributed by atoms with Crippen LogP contribution in [0.5, 0.6) is 0 Å². The standard InChI is InChI=1S/C33H32N2O/c1-32(2,3)18-21-11-9-13-24-28-29(35-27-14-15-34-19-25(27)31(28)36-30(21)24)22-16-20-10-7-8-12-23(20)26(17-22)33(4,5)6/h7-17,19H,18H2,1-6H3. The zero-order valence-corrected chi connectivity index (χ0v) is 21.9. The van der Waals surface area contributed by atoms with Crippen molar-refractivity contribution in [3.63, 3.8) is 0 Å². The smallest absolute Gasteiger partial charge is 0.148 e. The number of rotatable bonds is 2. The summed E-state index contributed by atoms with van der Waals surface area (Å²) in [7, 11) is 0. The molecular weight excluding hydrogens is 440 g/mol. The number of hydrogen-bond acceptors (Lipinski definition) is 3. The number of fused-ring (bicyclic) bond motifs is 6. The molecule has 6 rings (SSSR count). The van der Waals surface area contributed by atoms with Crippen molar-refractivity contribution >= 4 is 43.6 Å². The van der Waals surface area contributed by atoms with E-state index in [-0.39, 0.29) is 10.8 Å². The fraction of sp³-hybridized carbons (Fsp3) is 0.273. The summed E-state index contributed by atoms with van der Waals surface area (Å²) in [5.74, 6) is 0. The van der Waals surface area contributed by atoms with Gasteiger partial charge < -0.3 is 4.42 Å². The van der Waals surface area contributed by atoms with E-state index < -0.39 is 0 Å². The topological polar surface area (TPSA) is 38.9 Å². The van der Waals surface area contributed by atoms with E-state index in [2.05, 4.69) is 101 Å². The summed E-state index contributed by atoms with van der Waals surface area (Å²) in [6.07, 6.45) is 4.62. The van der Waals surface area contributed by atoms with Crippen molar-refractivity contribution in [1.29, 1.82) is 0 Å². The maximum absolute atomic E-state index is 6.71. The van der Waals surface area contributed by atoms with Crippen LogP contribution in [0.25, 0.3) is 54.9 Å². The minimum Gasteiger partial charge on any atom is -0.455 e. The van der Waals surface area contributed by atoms with Gasteiger partial charge in [0.1, 0.15) is 11.2 Å². The van der Waals surface area contributed by atoms with Crippen LogP contribution in [0.1, 0.15) is 52.7 Å². The van der Waals surface area contributed by atoms with Crippen molar-refractivity contribution in [2.45, 2.75) is 53.4 Å². The van der Waals surface area contributed by atoms with Gasteiger partial charge in [0.15, 0.2) is 0 Å². The maximum Gasteiger partial charge on any atom is 0.148 e. The summed E-state index contributed by atoms with van der Waals surface area (Å²) >= 11 is 0. The van der Waals surface area contributed by atoms with Gasteiger partial charge >= 0.3 is 0 Å². The number of nitrogens with zero attached hydrogens (tertiary/aromatic N) is 2. The molecule has 0 unspecified atom stereocenters. The van der Waals surface area contributed by atoms with E-state index in [1.807, 2.05) is 12.3 Å². The highest BCUT2D eigenvalue weighted by atomic mass is 16.3. The molecular formula is C33H32N2O. The Morgan fingerprint density at radius 2 is 1.56 bits per heavy atom. The molecule has 36 heavy (non-hydrogen) atoms. The van der Waals surface area contributed by atoms with Crippen LogP contribution in [0.15, 0.2) is 77.5 Å². The predicted molar refractivity (Wildman–Crippen MR) is 152 cm³/mol. The van der Waals surface area contributed by atoms with E-state index in [9.17, 15) is 0 Å². The van der Waals surface area contributed by atoms with Crippen LogP contribution in [0.3, 0.4) is 0 Å². The van der Waals surface area contributed by atoms with Crippen LogP contribution in [0.2, 0.25) is 0 Å². The lowest BCUT2D eigenvalue weighted by Crippen LogP contribution is -2.12. The Morgan fingerprint density at radius 3 is 2.33 bits per heavy atom. The molecule has 3 aromatic carbocycles. The van der Waals surface area contributed by atoms with Gasteiger partial charge in [-0.25, -0.2) is 4.98 Å². The van der Waals surface area contributed by atoms with E-state index in [1.54, 1.807) is 6.20 Å². The molecule has 0 aliphatic heterocycles. The fourth-order valence-corrected chi connectivity index (χ4v) is 5.43. The lowest BCUT2D eigenvalue weighted by atomic mass is 9.82. The summed E-state index contributed by atoms with van der Waals surface area (Å²) in [6.45, 7) is 13.6. The van der Waals surface area contributed by atoms with Gasteiger partial charge in [0, 0.05) is 23.3 Å². The highest BCUT2D eigenvalue weighted by molar-refractivity contribution is 6.19. The Hall–Kier alpha value is -3.72. The Bertz CT molecular complexity index is 1780. The molecule has 180 valence electrons. The third kappa shape index (κ3) is 3.74. The number of pyridine rings is 2. The predicted octanol–water partition coefficient (Wildman–Crippen LogP) is 9.24. The molecule has 0 bridgehead atoms. The van der Waals surface area contributed by atoms with Crippen molar-refractivity contribution in [3.05, 3.63) is 84.2 Å².